The highest BCUT2D eigenvalue weighted by Crippen LogP contribution is 2.20. The molecule has 1 N–H and O–H groups in total. The molecule has 3 heteroatoms. The fraction of sp³-hybridized carbons (Fsp3) is 1.00. The lowest BCUT2D eigenvalue weighted by atomic mass is 10.1. The molecule has 0 aliphatic carbocycles. The highest BCUT2D eigenvalue weighted by Gasteiger charge is 2.27. The van der Waals surface area contributed by atoms with E-state index >= 15 is 0 Å². The molecule has 0 aromatic rings. The highest BCUT2D eigenvalue weighted by atomic mass is 15.3. The van der Waals surface area contributed by atoms with Gasteiger partial charge in [0, 0.05) is 12.6 Å². The van der Waals surface area contributed by atoms with Crippen LogP contribution in [0.25, 0.3) is 0 Å². The minimum atomic E-state index is 0.777. The van der Waals surface area contributed by atoms with Gasteiger partial charge in [0.1, 0.15) is 0 Å². The van der Waals surface area contributed by atoms with Gasteiger partial charge in [-0.15, -0.1) is 0 Å². The van der Waals surface area contributed by atoms with Crippen molar-refractivity contribution in [3.05, 3.63) is 0 Å². The van der Waals surface area contributed by atoms with Crippen LogP contribution in [0.3, 0.4) is 0 Å². The van der Waals surface area contributed by atoms with Gasteiger partial charge in [0.15, 0.2) is 0 Å². The molecule has 0 aromatic heterocycles. The summed E-state index contributed by atoms with van der Waals surface area (Å²) in [7, 11) is 0. The summed E-state index contributed by atoms with van der Waals surface area (Å²) in [5.74, 6) is 0.777. The van der Waals surface area contributed by atoms with Crippen LogP contribution in [0, 0.1) is 5.92 Å². The van der Waals surface area contributed by atoms with Gasteiger partial charge in [-0.1, -0.05) is 20.3 Å². The van der Waals surface area contributed by atoms with E-state index in [0.717, 1.165) is 12.0 Å². The lowest BCUT2D eigenvalue weighted by Crippen LogP contribution is -2.40. The number of piperidine rings is 1. The van der Waals surface area contributed by atoms with Gasteiger partial charge in [0.05, 0.1) is 0 Å². The van der Waals surface area contributed by atoms with Gasteiger partial charge in [0.25, 0.3) is 0 Å². The number of likely N-dealkylation sites (tertiary alicyclic amines) is 2. The lowest BCUT2D eigenvalue weighted by molar-refractivity contribution is 0.162. The third-order valence-electron chi connectivity index (χ3n) is 4.79. The molecule has 0 bridgehead atoms. The molecule has 2 aliphatic heterocycles. The average Bonchev–Trinajstić information content (AvgIpc) is 2.92. The zero-order valence-corrected chi connectivity index (χ0v) is 13.7. The number of rotatable bonds is 8. The van der Waals surface area contributed by atoms with Gasteiger partial charge < -0.3 is 10.2 Å². The number of nitrogens with one attached hydrogen (secondary N) is 1. The van der Waals surface area contributed by atoms with Crippen molar-refractivity contribution in [2.24, 2.45) is 5.92 Å². The standard InChI is InChI=1S/C17H35N3/c1-16(2)14-18-9-4-7-10-19-13-8-17(15-19)20-11-5-3-6-12-20/h16-18H,3-15H2,1-2H3. The van der Waals surface area contributed by atoms with Crippen molar-refractivity contribution in [1.29, 1.82) is 0 Å². The molecule has 0 amide bonds. The Morgan fingerprint density at radius 3 is 2.60 bits per heavy atom. The number of hydrogen-bond donors (Lipinski definition) is 1. The molecular formula is C17H35N3. The van der Waals surface area contributed by atoms with Crippen LogP contribution in [0.4, 0.5) is 0 Å². The summed E-state index contributed by atoms with van der Waals surface area (Å²) in [6, 6.07) is 0.870. The summed E-state index contributed by atoms with van der Waals surface area (Å²) in [5, 5.41) is 3.54. The van der Waals surface area contributed by atoms with Crippen molar-refractivity contribution in [1.82, 2.24) is 15.1 Å². The summed E-state index contributed by atoms with van der Waals surface area (Å²) < 4.78 is 0. The van der Waals surface area contributed by atoms with Crippen LogP contribution in [0.15, 0.2) is 0 Å². The first-order chi connectivity index (χ1) is 9.75. The average molecular weight is 281 g/mol. The topological polar surface area (TPSA) is 18.5 Å². The van der Waals surface area contributed by atoms with E-state index in [0.29, 0.717) is 0 Å². The zero-order chi connectivity index (χ0) is 14.2. The maximum atomic E-state index is 3.54. The smallest absolute Gasteiger partial charge is 0.0235 e. The molecule has 118 valence electrons. The van der Waals surface area contributed by atoms with Crippen LogP contribution in [0.5, 0.6) is 0 Å². The summed E-state index contributed by atoms with van der Waals surface area (Å²) in [4.78, 5) is 5.45. The molecule has 2 rings (SSSR count). The molecule has 0 spiro atoms. The van der Waals surface area contributed by atoms with Crippen LogP contribution in [-0.4, -0.2) is 61.7 Å². The zero-order valence-electron chi connectivity index (χ0n) is 13.7. The predicted molar refractivity (Wildman–Crippen MR) is 87.2 cm³/mol. The van der Waals surface area contributed by atoms with E-state index in [9.17, 15) is 0 Å². The van der Waals surface area contributed by atoms with E-state index in [-0.39, 0.29) is 0 Å². The fourth-order valence-corrected chi connectivity index (χ4v) is 3.57. The molecule has 2 heterocycles. The molecule has 1 atom stereocenters. The second-order valence-electron chi connectivity index (χ2n) is 7.14. The Morgan fingerprint density at radius 1 is 1.05 bits per heavy atom. The van der Waals surface area contributed by atoms with Gasteiger partial charge in [0.2, 0.25) is 0 Å². The maximum Gasteiger partial charge on any atom is 0.0235 e. The van der Waals surface area contributed by atoms with Crippen LogP contribution in [0.2, 0.25) is 0 Å². The Balaban J connectivity index is 1.50. The monoisotopic (exact) mass is 281 g/mol. The molecule has 20 heavy (non-hydrogen) atoms. The van der Waals surface area contributed by atoms with Crippen molar-refractivity contribution < 1.29 is 0 Å². The molecule has 1 unspecified atom stereocenters. The molecule has 2 saturated heterocycles. The third-order valence-corrected chi connectivity index (χ3v) is 4.79. The lowest BCUT2D eigenvalue weighted by Gasteiger charge is -2.32. The van der Waals surface area contributed by atoms with Crippen LogP contribution < -0.4 is 5.32 Å². The summed E-state index contributed by atoms with van der Waals surface area (Å²) in [6.07, 6.45) is 8.41. The number of hydrogen-bond acceptors (Lipinski definition) is 3. The first-order valence-electron chi connectivity index (χ1n) is 8.93. The van der Waals surface area contributed by atoms with E-state index < -0.39 is 0 Å². The molecule has 0 aromatic carbocycles. The Kier molecular flexibility index (Phi) is 7.32. The third kappa shape index (κ3) is 5.71. The number of nitrogens with zero attached hydrogens (tertiary/aromatic N) is 2. The number of unbranched alkanes of at least 4 members (excludes halogenated alkanes) is 1. The maximum absolute atomic E-state index is 3.54. The summed E-state index contributed by atoms with van der Waals surface area (Å²) in [6.45, 7) is 13.6. The summed E-state index contributed by atoms with van der Waals surface area (Å²) in [5.41, 5.74) is 0. The van der Waals surface area contributed by atoms with Crippen LogP contribution in [-0.2, 0) is 0 Å². The predicted octanol–water partition coefficient (Wildman–Crippen LogP) is 2.57. The quantitative estimate of drug-likeness (QED) is 0.690. The van der Waals surface area contributed by atoms with E-state index in [1.165, 1.54) is 84.3 Å². The molecule has 3 nitrogen and oxygen atoms in total. The SMILES string of the molecule is CC(C)CNCCCCN1CCC(N2CCCCC2)C1. The molecule has 0 saturated carbocycles. The minimum absolute atomic E-state index is 0.777. The van der Waals surface area contributed by atoms with E-state index in [4.69, 9.17) is 0 Å². The fourth-order valence-electron chi connectivity index (χ4n) is 3.57. The van der Waals surface area contributed by atoms with E-state index in [1.807, 2.05) is 0 Å². The van der Waals surface area contributed by atoms with E-state index in [1.54, 1.807) is 0 Å². The van der Waals surface area contributed by atoms with Gasteiger partial charge >= 0.3 is 0 Å². The summed E-state index contributed by atoms with van der Waals surface area (Å²) >= 11 is 0. The van der Waals surface area contributed by atoms with Gasteiger partial charge in [-0.05, 0) is 77.3 Å². The van der Waals surface area contributed by atoms with Crippen molar-refractivity contribution in [3.8, 4) is 0 Å². The van der Waals surface area contributed by atoms with E-state index in [2.05, 4.69) is 29.0 Å². The Labute approximate surface area is 126 Å². The minimum Gasteiger partial charge on any atom is -0.316 e. The largest absolute Gasteiger partial charge is 0.316 e. The first-order valence-corrected chi connectivity index (χ1v) is 8.93. The second-order valence-corrected chi connectivity index (χ2v) is 7.14. The van der Waals surface area contributed by atoms with Crippen LogP contribution in [0.1, 0.15) is 52.4 Å². The molecule has 2 aliphatic rings. The Bertz CT molecular complexity index is 249. The molecule has 2 fully saturated rings. The van der Waals surface area contributed by atoms with Crippen molar-refractivity contribution in [3.63, 3.8) is 0 Å². The van der Waals surface area contributed by atoms with Crippen molar-refractivity contribution in [2.75, 3.05) is 45.8 Å². The first kappa shape index (κ1) is 16.3. The van der Waals surface area contributed by atoms with Crippen molar-refractivity contribution in [2.45, 2.75) is 58.4 Å². The highest BCUT2D eigenvalue weighted by molar-refractivity contribution is 4.84. The Morgan fingerprint density at radius 2 is 1.85 bits per heavy atom. The van der Waals surface area contributed by atoms with Gasteiger partial charge in [-0.2, -0.15) is 0 Å². The van der Waals surface area contributed by atoms with Gasteiger partial charge in [-0.25, -0.2) is 0 Å². The van der Waals surface area contributed by atoms with Crippen LogP contribution >= 0.6 is 0 Å². The second kappa shape index (κ2) is 9.01. The van der Waals surface area contributed by atoms with Crippen molar-refractivity contribution >= 4 is 0 Å². The Hall–Kier alpha value is -0.120. The van der Waals surface area contributed by atoms with Gasteiger partial charge in [-0.3, -0.25) is 4.90 Å². The normalized spacial score (nSPS) is 25.6. The molecular weight excluding hydrogens is 246 g/mol. The molecule has 0 radical (unpaired) electrons.